The molecule has 3 fully saturated rings. The molecular weight excluding hydrogens is 1440 g/mol. The van der Waals surface area contributed by atoms with Crippen molar-refractivity contribution in [1.29, 1.82) is 0 Å². The SMILES string of the molecule is CC(=O)N1CC=C(c2cc3c(cc2F)c(=O)c2c(n3C3CC3)CNC2=O)CC1.CCC[CH2][Sn]([CH2]CCC)([CH2]CCC)[C]1=CCN(C(C)=O)CC1.Cl.O=C1NCc2c1c(=O)c1cc(F)c(Br)cc1n2C1CC1.O=c1[nH]sc2c1c(=O)c1cc(F)c(C3=CCNCC3)cc1n2C1CC1. The molecule has 0 bridgehead atoms. The number of amides is 4. The van der Waals surface area contributed by atoms with Crippen LogP contribution in [0.2, 0.25) is 13.3 Å². The summed E-state index contributed by atoms with van der Waals surface area (Å²) in [6.07, 6.45) is 23.2. The summed E-state index contributed by atoms with van der Waals surface area (Å²) in [6, 6.07) is 9.81. The molecule has 3 aliphatic carbocycles. The van der Waals surface area contributed by atoms with Crippen molar-refractivity contribution < 1.29 is 32.3 Å². The van der Waals surface area contributed by atoms with Gasteiger partial charge in [0, 0.05) is 72.0 Å². The third-order valence-electron chi connectivity index (χ3n) is 20.3. The van der Waals surface area contributed by atoms with Gasteiger partial charge in [0.1, 0.15) is 38.8 Å². The monoisotopic (exact) mass is 1530 g/mol. The van der Waals surface area contributed by atoms with Gasteiger partial charge in [0.2, 0.25) is 22.2 Å². The van der Waals surface area contributed by atoms with Gasteiger partial charge < -0.3 is 34.6 Å². The summed E-state index contributed by atoms with van der Waals surface area (Å²) in [7, 11) is 0. The van der Waals surface area contributed by atoms with Gasteiger partial charge in [-0.05, 0) is 133 Å². The summed E-state index contributed by atoms with van der Waals surface area (Å²) in [5.41, 5.74) is 5.18. The normalized spacial score (nSPS) is 17.4. The van der Waals surface area contributed by atoms with Gasteiger partial charge in [-0.25, -0.2) is 13.2 Å². The molecule has 15 rings (SSSR count). The first-order valence-electron chi connectivity index (χ1n) is 34.0. The van der Waals surface area contributed by atoms with E-state index < -0.39 is 41.3 Å². The van der Waals surface area contributed by atoms with Crippen molar-refractivity contribution in [3.8, 4) is 0 Å². The van der Waals surface area contributed by atoms with Gasteiger partial charge in [-0.15, -0.1) is 12.4 Å². The van der Waals surface area contributed by atoms with Crippen molar-refractivity contribution in [3.63, 3.8) is 0 Å². The minimum atomic E-state index is -2.18. The van der Waals surface area contributed by atoms with Crippen molar-refractivity contribution in [2.24, 2.45) is 0 Å². The standard InChI is InChI=1S/C21H20FN3O3.C18H16FN3O2S.C14H10BrFN2O2.C7H10NO.3C4H9.ClH.Sn/c1-11(26)24-6-4-12(5-7-24)14-9-17-15(8-16(14)22)20(27)19-18(10-23-21(19)28)25(17)13-2-3-13;19-13-7-12-14(8-11(13)9-3-5-20-6-4-9)22(10-1-2-10)18-15(16(12)23)17(24)21-25-18;15-8-4-10-7(3-9(8)16)13(19)12-11(5-17-14(12)20)18(10)6-1-2-6;1-7(9)8-5-3-2-4-6-8;3*1-3-4-2;;/h4,8-9,13H,2-3,5-7,10H2,1H3,(H,23,28);3,7-8,10,20H,1-2,4-6H2,(H,21,24);3-4,6H,1-2,5H2,(H,17,20);3H,4-6H2,1H3;3*1,3-4H2,2H3;1H;. The van der Waals surface area contributed by atoms with Gasteiger partial charge in [0.05, 0.1) is 45.5 Å². The third kappa shape index (κ3) is 14.2. The number of pyridine rings is 3. The molecule has 9 heterocycles. The van der Waals surface area contributed by atoms with E-state index in [-0.39, 0.29) is 91.8 Å². The third-order valence-corrected chi connectivity index (χ3v) is 38.2. The number of nitrogens with zero attached hydrogens (tertiary/aromatic N) is 5. The molecule has 4 aromatic heterocycles. The maximum absolute atomic E-state index is 15.0. The Kier molecular flexibility index (Phi) is 22.0. The Hall–Kier alpha value is -6.60. The number of hydrogen-bond donors (Lipinski definition) is 4. The largest absolute Gasteiger partial charge is 0.346 e. The predicted molar refractivity (Wildman–Crippen MR) is 383 cm³/mol. The van der Waals surface area contributed by atoms with Crippen LogP contribution in [0.5, 0.6) is 0 Å². The van der Waals surface area contributed by atoms with Gasteiger partial charge in [-0.2, -0.15) is 0 Å². The fourth-order valence-electron chi connectivity index (χ4n) is 14.7. The Bertz CT molecular complexity index is 4620. The summed E-state index contributed by atoms with van der Waals surface area (Å²) < 4.78 is 59.1. The van der Waals surface area contributed by atoms with Crippen LogP contribution in [0.1, 0.15) is 192 Å². The first kappa shape index (κ1) is 70.7. The first-order valence-corrected chi connectivity index (χ1v) is 43.1. The zero-order valence-electron chi connectivity index (χ0n) is 55.1. The van der Waals surface area contributed by atoms with Crippen molar-refractivity contribution in [2.75, 3.05) is 39.3 Å². The number of rotatable bonds is 15. The molecule has 510 valence electrons. The molecule has 4 N–H and O–H groups in total. The Morgan fingerprint density at radius 3 is 1.49 bits per heavy atom. The van der Waals surface area contributed by atoms with Crippen LogP contribution in [-0.2, 0) is 22.7 Å². The maximum atomic E-state index is 15.0. The zero-order valence-corrected chi connectivity index (χ0v) is 61.2. The molecule has 0 saturated heterocycles. The molecule has 24 heteroatoms. The average molecular weight is 1530 g/mol. The van der Waals surface area contributed by atoms with Crippen molar-refractivity contribution in [2.45, 2.75) is 175 Å². The van der Waals surface area contributed by atoms with Crippen molar-refractivity contribution >= 4 is 136 Å². The van der Waals surface area contributed by atoms with Crippen LogP contribution >= 0.6 is 39.9 Å². The van der Waals surface area contributed by atoms with Crippen LogP contribution in [0.15, 0.2) is 81.9 Å². The second kappa shape index (κ2) is 29.9. The van der Waals surface area contributed by atoms with E-state index in [0.29, 0.717) is 81.2 Å². The molecule has 0 spiro atoms. The fourth-order valence-corrected chi connectivity index (χ4v) is 33.0. The van der Waals surface area contributed by atoms with E-state index in [4.69, 9.17) is 0 Å². The number of H-pyrrole nitrogens is 1. The smallest absolute Gasteiger partial charge is 0.271 e. The fraction of sp³-hybridized carbons (Fsp3) is 0.472. The molecule has 3 aromatic carbocycles. The molecule has 0 unspecified atom stereocenters. The topological polar surface area (TPSA) is 210 Å². The Morgan fingerprint density at radius 2 is 1.04 bits per heavy atom. The predicted octanol–water partition coefficient (Wildman–Crippen LogP) is 13.6. The van der Waals surface area contributed by atoms with Crippen LogP contribution in [-0.4, -0.2) is 109 Å². The van der Waals surface area contributed by atoms with Gasteiger partial charge in [-0.3, -0.25) is 37.9 Å². The second-order valence-electron chi connectivity index (χ2n) is 26.7. The van der Waals surface area contributed by atoms with E-state index in [1.807, 2.05) is 25.2 Å². The number of carbonyl (C=O) groups excluding carboxylic acids is 4. The number of hydrogen-bond acceptors (Lipinski definition) is 10. The first-order chi connectivity index (χ1) is 45.8. The van der Waals surface area contributed by atoms with Crippen LogP contribution in [0.25, 0.3) is 54.1 Å². The number of fused-ring (bicyclic) bond motifs is 6. The van der Waals surface area contributed by atoms with Gasteiger partial charge in [0.15, 0.2) is 0 Å². The van der Waals surface area contributed by atoms with Gasteiger partial charge >= 0.3 is 143 Å². The Morgan fingerprint density at radius 1 is 0.583 bits per heavy atom. The number of unbranched alkanes of at least 4 members (excludes halogenated alkanes) is 3. The Balaban J connectivity index is 0.000000131. The van der Waals surface area contributed by atoms with Crippen LogP contribution < -0.4 is 37.8 Å². The number of aromatic nitrogens is 4. The summed E-state index contributed by atoms with van der Waals surface area (Å²) in [5.74, 6) is -1.84. The Labute approximate surface area is 577 Å². The minimum Gasteiger partial charge on any atom is -0.346 e. The maximum Gasteiger partial charge on any atom is 0.271 e. The zero-order chi connectivity index (χ0) is 67.1. The summed E-state index contributed by atoms with van der Waals surface area (Å²) in [4.78, 5) is 102. The van der Waals surface area contributed by atoms with Crippen LogP contribution in [0.3, 0.4) is 0 Å². The number of benzene rings is 3. The molecule has 17 nitrogen and oxygen atoms in total. The van der Waals surface area contributed by atoms with E-state index in [1.54, 1.807) is 43.3 Å². The van der Waals surface area contributed by atoms with Crippen molar-refractivity contribution in [1.82, 2.24) is 43.8 Å². The summed E-state index contributed by atoms with van der Waals surface area (Å²) in [5, 5.41) is 9.61. The minimum absolute atomic E-state index is 0. The molecule has 0 radical (unpaired) electrons. The number of aromatic amines is 1. The van der Waals surface area contributed by atoms with Crippen LogP contribution in [0.4, 0.5) is 13.2 Å². The number of halogens is 5. The molecule has 96 heavy (non-hydrogen) atoms. The quantitative estimate of drug-likeness (QED) is 0.0719. The van der Waals surface area contributed by atoms with E-state index in [0.717, 1.165) is 93.5 Å². The molecular formula is C72H84BrClF3N9O8SSn. The van der Waals surface area contributed by atoms with E-state index in [1.165, 1.54) is 81.6 Å². The van der Waals surface area contributed by atoms with Crippen LogP contribution in [0, 0.1) is 17.5 Å². The molecule has 3 saturated carbocycles. The second-order valence-corrected chi connectivity index (χ2v) is 41.7. The van der Waals surface area contributed by atoms with E-state index in [9.17, 15) is 51.5 Å². The average Bonchev–Trinajstić information content (AvgIpc) is 1.54. The summed E-state index contributed by atoms with van der Waals surface area (Å²) in [6.45, 7) is 15.4. The van der Waals surface area contributed by atoms with E-state index in [2.05, 4.69) is 72.2 Å². The van der Waals surface area contributed by atoms with Gasteiger partial charge in [-0.1, -0.05) is 12.2 Å². The molecule has 8 aliphatic rings. The van der Waals surface area contributed by atoms with E-state index >= 15 is 0 Å². The molecule has 0 atom stereocenters. The molecule has 4 amide bonds. The number of nitrogens with one attached hydrogen (secondary N) is 4. The number of carbonyl (C=O) groups is 4. The van der Waals surface area contributed by atoms with Gasteiger partial charge in [0.25, 0.3) is 17.4 Å². The summed E-state index contributed by atoms with van der Waals surface area (Å²) >= 11 is 2.18. The molecule has 5 aliphatic heterocycles. The molecule has 7 aromatic rings. The van der Waals surface area contributed by atoms with Crippen molar-refractivity contribution in [3.05, 3.63) is 155 Å².